The first kappa shape index (κ1) is 49.8. The summed E-state index contributed by atoms with van der Waals surface area (Å²) in [4.78, 5) is 36.7. The fourth-order valence-corrected chi connectivity index (χ4v) is 5.41. The van der Waals surface area contributed by atoms with E-state index in [0.29, 0.717) is 12.8 Å². The van der Waals surface area contributed by atoms with Gasteiger partial charge in [-0.1, -0.05) is 125 Å². The zero-order valence-corrected chi connectivity index (χ0v) is 34.2. The molecule has 2 atom stereocenters. The van der Waals surface area contributed by atoms with Crippen LogP contribution in [0.5, 0.6) is 0 Å². The highest BCUT2D eigenvalue weighted by molar-refractivity contribution is 5.70. The lowest BCUT2D eigenvalue weighted by Crippen LogP contribution is -2.55. The van der Waals surface area contributed by atoms with Crippen LogP contribution in [0.4, 0.5) is 0 Å². The van der Waals surface area contributed by atoms with Crippen LogP contribution >= 0.6 is 0 Å². The molecule has 2 unspecified atom stereocenters. The molecule has 0 aromatic heterocycles. The summed E-state index contributed by atoms with van der Waals surface area (Å²) in [7, 11) is 5.36. The van der Waals surface area contributed by atoms with Crippen molar-refractivity contribution in [3.8, 4) is 0 Å². The van der Waals surface area contributed by atoms with Gasteiger partial charge in [-0.25, -0.2) is 0 Å². The summed E-state index contributed by atoms with van der Waals surface area (Å²) in [6.07, 6.45) is 43.7. The minimum absolute atomic E-state index is 0.00265. The van der Waals surface area contributed by atoms with Crippen LogP contribution in [0.1, 0.15) is 142 Å². The molecule has 8 heteroatoms. The summed E-state index contributed by atoms with van der Waals surface area (Å²) in [6.45, 7) is 4.42. The maximum Gasteiger partial charge on any atom is 0.306 e. The van der Waals surface area contributed by atoms with Crippen molar-refractivity contribution in [1.29, 1.82) is 0 Å². The molecule has 0 aromatic rings. The van der Waals surface area contributed by atoms with Crippen molar-refractivity contribution < 1.29 is 38.2 Å². The number of hydrogen-bond acceptors (Lipinski definition) is 7. The Morgan fingerprint density at radius 2 is 1.09 bits per heavy atom. The lowest BCUT2D eigenvalue weighted by Gasteiger charge is -2.34. The van der Waals surface area contributed by atoms with E-state index in [2.05, 4.69) is 74.6 Å². The monoisotopic (exact) mass is 742 g/mol. The Bertz CT molecular complexity index is 1100. The van der Waals surface area contributed by atoms with E-state index in [1.165, 1.54) is 38.5 Å². The number of rotatable bonds is 35. The Kier molecular flexibility index (Phi) is 33.6. The predicted molar refractivity (Wildman–Crippen MR) is 217 cm³/mol. The molecule has 0 rings (SSSR count). The van der Waals surface area contributed by atoms with Crippen molar-refractivity contribution in [2.24, 2.45) is 0 Å². The first-order chi connectivity index (χ1) is 25.6. The second-order valence-corrected chi connectivity index (χ2v) is 14.5. The third-order valence-corrected chi connectivity index (χ3v) is 8.59. The van der Waals surface area contributed by atoms with Gasteiger partial charge in [-0.15, -0.1) is 0 Å². The SMILES string of the molecule is CC/C=C/C/C=C/C/C=C/C/C=C/C/C=C/CCC(=O)OC(COCCC(C(=O)[O-])[N+](C)(C)C)COC(=O)CCCCC/C=C/CCCCCCCC. The zero-order chi connectivity index (χ0) is 39.3. The highest BCUT2D eigenvalue weighted by Gasteiger charge is 2.25. The summed E-state index contributed by atoms with van der Waals surface area (Å²) in [5, 5.41) is 11.6. The van der Waals surface area contributed by atoms with Crippen molar-refractivity contribution in [3.05, 3.63) is 72.9 Å². The van der Waals surface area contributed by atoms with Gasteiger partial charge >= 0.3 is 11.9 Å². The number of quaternary nitrogens is 1. The average Bonchev–Trinajstić information content (AvgIpc) is 3.11. The third-order valence-electron chi connectivity index (χ3n) is 8.59. The number of ether oxygens (including phenoxy) is 3. The van der Waals surface area contributed by atoms with Gasteiger partial charge in [0.15, 0.2) is 6.10 Å². The van der Waals surface area contributed by atoms with Crippen molar-refractivity contribution in [3.63, 3.8) is 0 Å². The van der Waals surface area contributed by atoms with Crippen LogP contribution in [0.3, 0.4) is 0 Å². The molecular formula is C45H75NO7. The molecule has 0 radical (unpaired) electrons. The second-order valence-electron chi connectivity index (χ2n) is 14.5. The largest absolute Gasteiger partial charge is 0.544 e. The molecule has 8 nitrogen and oxygen atoms in total. The Labute approximate surface area is 323 Å². The molecule has 0 bridgehead atoms. The van der Waals surface area contributed by atoms with Gasteiger partial charge in [0, 0.05) is 19.3 Å². The number of carboxylic acid groups (broad SMARTS) is 1. The van der Waals surface area contributed by atoms with Crippen LogP contribution in [0.2, 0.25) is 0 Å². The van der Waals surface area contributed by atoms with Crippen LogP contribution in [-0.2, 0) is 28.6 Å². The normalized spacial score (nSPS) is 13.8. The molecule has 0 aliphatic carbocycles. The predicted octanol–water partition coefficient (Wildman–Crippen LogP) is 9.46. The molecule has 0 aromatic carbocycles. The van der Waals surface area contributed by atoms with Gasteiger partial charge in [0.25, 0.3) is 0 Å². The fourth-order valence-electron chi connectivity index (χ4n) is 5.41. The number of carboxylic acids is 1. The Hall–Kier alpha value is -3.23. The summed E-state index contributed by atoms with van der Waals surface area (Å²) in [5.41, 5.74) is 0. The summed E-state index contributed by atoms with van der Waals surface area (Å²) < 4.78 is 17.0. The van der Waals surface area contributed by atoms with E-state index in [1.807, 2.05) is 12.2 Å². The number of carbonyl (C=O) groups is 3. The topological polar surface area (TPSA) is 102 Å². The molecule has 0 aliphatic heterocycles. The minimum Gasteiger partial charge on any atom is -0.544 e. The van der Waals surface area contributed by atoms with Crippen LogP contribution in [0.25, 0.3) is 0 Å². The van der Waals surface area contributed by atoms with E-state index >= 15 is 0 Å². The third kappa shape index (κ3) is 34.3. The lowest BCUT2D eigenvalue weighted by atomic mass is 10.1. The van der Waals surface area contributed by atoms with Gasteiger partial charge in [-0.2, -0.15) is 0 Å². The molecule has 0 aliphatic rings. The van der Waals surface area contributed by atoms with Gasteiger partial charge in [0.05, 0.1) is 40.3 Å². The highest BCUT2D eigenvalue weighted by atomic mass is 16.6. The highest BCUT2D eigenvalue weighted by Crippen LogP contribution is 2.11. The first-order valence-corrected chi connectivity index (χ1v) is 20.5. The van der Waals surface area contributed by atoms with Crippen molar-refractivity contribution >= 4 is 17.9 Å². The maximum absolute atomic E-state index is 12.6. The molecule has 0 heterocycles. The number of carbonyl (C=O) groups excluding carboxylic acids is 3. The van der Waals surface area contributed by atoms with Crippen molar-refractivity contribution in [2.75, 3.05) is 41.0 Å². The van der Waals surface area contributed by atoms with E-state index in [9.17, 15) is 19.5 Å². The van der Waals surface area contributed by atoms with Crippen molar-refractivity contribution in [1.82, 2.24) is 0 Å². The van der Waals surface area contributed by atoms with Crippen LogP contribution in [0.15, 0.2) is 72.9 Å². The van der Waals surface area contributed by atoms with Crippen LogP contribution < -0.4 is 5.11 Å². The molecule has 0 saturated carbocycles. The van der Waals surface area contributed by atoms with E-state index in [-0.39, 0.29) is 43.1 Å². The van der Waals surface area contributed by atoms with E-state index in [4.69, 9.17) is 14.2 Å². The van der Waals surface area contributed by atoms with E-state index in [0.717, 1.165) is 64.2 Å². The molecule has 53 heavy (non-hydrogen) atoms. The van der Waals surface area contributed by atoms with Crippen molar-refractivity contribution in [2.45, 2.75) is 154 Å². The lowest BCUT2D eigenvalue weighted by molar-refractivity contribution is -0.889. The molecule has 0 amide bonds. The number of aliphatic carboxylic acids is 1. The Morgan fingerprint density at radius 1 is 0.585 bits per heavy atom. The quantitative estimate of drug-likeness (QED) is 0.0276. The molecule has 302 valence electrons. The van der Waals surface area contributed by atoms with Crippen LogP contribution in [-0.4, -0.2) is 75.5 Å². The number of allylic oxidation sites excluding steroid dienone is 12. The molecule has 0 fully saturated rings. The van der Waals surface area contributed by atoms with Gasteiger partial charge < -0.3 is 28.6 Å². The summed E-state index contributed by atoms with van der Waals surface area (Å²) >= 11 is 0. The molecule has 0 N–H and O–H groups in total. The first-order valence-electron chi connectivity index (χ1n) is 20.5. The maximum atomic E-state index is 12.6. The Balaban J connectivity index is 4.56. The van der Waals surface area contributed by atoms with Gasteiger partial charge in [0.2, 0.25) is 0 Å². The number of nitrogens with zero attached hydrogens (tertiary/aromatic N) is 1. The summed E-state index contributed by atoms with van der Waals surface area (Å²) in [5.74, 6) is -1.87. The average molecular weight is 742 g/mol. The van der Waals surface area contributed by atoms with E-state index in [1.54, 1.807) is 21.1 Å². The number of hydrogen-bond donors (Lipinski definition) is 0. The standard InChI is InChI=1S/C45H75NO7/c1-6-8-10-12-14-16-18-20-21-22-24-26-28-30-32-34-36-44(48)53-41(39-51-38-37-42(45(49)50)46(3,4)5)40-52-43(47)35-33-31-29-27-25-23-19-17-15-13-11-9-7-2/h8,10,14,16,20-21,23-26,30,32,41-42H,6-7,9,11-13,15,17-19,22,27-29,31,33-40H2,1-5H3/b10-8+,16-14+,21-20+,25-23+,26-24+,32-30+. The van der Waals surface area contributed by atoms with Gasteiger partial charge in [0.1, 0.15) is 12.6 Å². The van der Waals surface area contributed by atoms with Crippen LogP contribution in [0, 0.1) is 0 Å². The number of unbranched alkanes of at least 4 members (excludes halogenated alkanes) is 9. The Morgan fingerprint density at radius 3 is 1.64 bits per heavy atom. The molecular weight excluding hydrogens is 666 g/mol. The summed E-state index contributed by atoms with van der Waals surface area (Å²) in [6, 6.07) is -0.742. The zero-order valence-electron chi connectivity index (χ0n) is 34.2. The van der Waals surface area contributed by atoms with Gasteiger partial charge in [-0.3, -0.25) is 9.59 Å². The minimum atomic E-state index is -1.14. The molecule has 0 spiro atoms. The van der Waals surface area contributed by atoms with Gasteiger partial charge in [-0.05, 0) is 70.6 Å². The number of likely N-dealkylation sites (N-methyl/N-ethyl adjacent to an activating group) is 1. The molecule has 0 saturated heterocycles. The second kappa shape index (κ2) is 35.8. The number of esters is 2. The smallest absolute Gasteiger partial charge is 0.306 e. The van der Waals surface area contributed by atoms with E-state index < -0.39 is 24.1 Å². The fraction of sp³-hybridized carbons (Fsp3) is 0.667.